The maximum absolute atomic E-state index is 5.23. The predicted octanol–water partition coefficient (Wildman–Crippen LogP) is 1.94. The number of methoxy groups -OCH3 is 1. The zero-order valence-corrected chi connectivity index (χ0v) is 7.69. The lowest BCUT2D eigenvalue weighted by molar-refractivity contribution is 0.0508. The molecular weight excluding hydrogens is 166 g/mol. The summed E-state index contributed by atoms with van der Waals surface area (Å²) in [7, 11) is 1.60. The van der Waals surface area contributed by atoms with Gasteiger partial charge < -0.3 is 9.47 Å². The molecule has 0 N–H and O–H groups in total. The summed E-state index contributed by atoms with van der Waals surface area (Å²) in [6.07, 6.45) is 4.32. The first-order valence-electron chi connectivity index (χ1n) is 4.48. The zero-order chi connectivity index (χ0) is 9.10. The van der Waals surface area contributed by atoms with Gasteiger partial charge >= 0.3 is 0 Å². The molecule has 0 atom stereocenters. The number of aromatic nitrogens is 1. The molecule has 1 heterocycles. The highest BCUT2D eigenvalue weighted by atomic mass is 16.7. The van der Waals surface area contributed by atoms with Gasteiger partial charge in [-0.1, -0.05) is 0 Å². The van der Waals surface area contributed by atoms with Gasteiger partial charge in [0, 0.05) is 18.7 Å². The average molecular weight is 179 g/mol. The molecule has 3 nitrogen and oxygen atoms in total. The van der Waals surface area contributed by atoms with Crippen molar-refractivity contribution in [3.05, 3.63) is 24.0 Å². The average Bonchev–Trinajstić information content (AvgIpc) is 2.99. The molecule has 70 valence electrons. The molecule has 1 aromatic heterocycles. The minimum Gasteiger partial charge on any atom is -0.466 e. The lowest BCUT2D eigenvalue weighted by Crippen LogP contribution is -1.99. The van der Waals surface area contributed by atoms with Crippen molar-refractivity contribution in [1.29, 1.82) is 0 Å². The van der Waals surface area contributed by atoms with Gasteiger partial charge in [0.2, 0.25) is 0 Å². The van der Waals surface area contributed by atoms with Gasteiger partial charge in [0.25, 0.3) is 0 Å². The van der Waals surface area contributed by atoms with Crippen molar-refractivity contribution in [2.75, 3.05) is 13.9 Å². The van der Waals surface area contributed by atoms with Crippen LogP contribution in [0.15, 0.2) is 18.3 Å². The van der Waals surface area contributed by atoms with E-state index < -0.39 is 0 Å². The fraction of sp³-hybridized carbons (Fsp3) is 0.500. The van der Waals surface area contributed by atoms with Crippen LogP contribution in [0.3, 0.4) is 0 Å². The fourth-order valence-corrected chi connectivity index (χ4v) is 1.22. The van der Waals surface area contributed by atoms with Crippen LogP contribution < -0.4 is 4.74 Å². The Labute approximate surface area is 77.7 Å². The van der Waals surface area contributed by atoms with Crippen LogP contribution in [-0.4, -0.2) is 18.9 Å². The molecule has 0 saturated heterocycles. The van der Waals surface area contributed by atoms with Crippen molar-refractivity contribution in [1.82, 2.24) is 4.98 Å². The van der Waals surface area contributed by atoms with Crippen LogP contribution in [0, 0.1) is 0 Å². The van der Waals surface area contributed by atoms with Gasteiger partial charge in [0.1, 0.15) is 5.75 Å². The third kappa shape index (κ3) is 2.18. The first kappa shape index (κ1) is 8.51. The molecule has 3 heteroatoms. The van der Waals surface area contributed by atoms with Crippen LogP contribution >= 0.6 is 0 Å². The van der Waals surface area contributed by atoms with Crippen LogP contribution in [0.5, 0.6) is 5.75 Å². The maximum Gasteiger partial charge on any atom is 0.188 e. The van der Waals surface area contributed by atoms with Crippen molar-refractivity contribution in [3.63, 3.8) is 0 Å². The minimum absolute atomic E-state index is 0.282. The van der Waals surface area contributed by atoms with Crippen molar-refractivity contribution in [3.8, 4) is 5.75 Å². The number of rotatable bonds is 4. The lowest BCUT2D eigenvalue weighted by Gasteiger charge is -2.04. The van der Waals surface area contributed by atoms with Crippen molar-refractivity contribution < 1.29 is 9.47 Å². The molecule has 1 aliphatic rings. The van der Waals surface area contributed by atoms with Gasteiger partial charge in [-0.15, -0.1) is 0 Å². The second-order valence-corrected chi connectivity index (χ2v) is 3.24. The van der Waals surface area contributed by atoms with Gasteiger partial charge in [0.05, 0.1) is 6.20 Å². The normalized spacial score (nSPS) is 15.8. The molecule has 0 unspecified atom stereocenters. The molecule has 1 fully saturated rings. The quantitative estimate of drug-likeness (QED) is 0.662. The van der Waals surface area contributed by atoms with E-state index >= 15 is 0 Å². The summed E-state index contributed by atoms with van der Waals surface area (Å²) in [5.74, 6) is 1.47. The summed E-state index contributed by atoms with van der Waals surface area (Å²) >= 11 is 0. The Morgan fingerprint density at radius 3 is 2.85 bits per heavy atom. The van der Waals surface area contributed by atoms with Crippen LogP contribution in [0.25, 0.3) is 0 Å². The summed E-state index contributed by atoms with van der Waals surface area (Å²) in [6, 6.07) is 3.97. The Balaban J connectivity index is 1.96. The molecule has 0 amide bonds. The minimum atomic E-state index is 0.282. The van der Waals surface area contributed by atoms with Gasteiger partial charge in [-0.05, 0) is 25.0 Å². The van der Waals surface area contributed by atoms with Crippen LogP contribution in [0.1, 0.15) is 24.5 Å². The topological polar surface area (TPSA) is 31.4 Å². The van der Waals surface area contributed by atoms with E-state index in [4.69, 9.17) is 9.47 Å². The molecule has 1 aromatic rings. The second kappa shape index (κ2) is 3.75. The van der Waals surface area contributed by atoms with E-state index in [1.807, 2.05) is 12.1 Å². The van der Waals surface area contributed by atoms with E-state index in [2.05, 4.69) is 4.98 Å². The van der Waals surface area contributed by atoms with E-state index in [9.17, 15) is 0 Å². The summed E-state index contributed by atoms with van der Waals surface area (Å²) in [4.78, 5) is 4.31. The Morgan fingerprint density at radius 1 is 1.46 bits per heavy atom. The summed E-state index contributed by atoms with van der Waals surface area (Å²) in [5.41, 5.74) is 1.18. The van der Waals surface area contributed by atoms with E-state index in [-0.39, 0.29) is 6.79 Å². The molecular formula is C10H13NO2. The third-order valence-electron chi connectivity index (χ3n) is 2.10. The maximum atomic E-state index is 5.23. The number of hydrogen-bond donors (Lipinski definition) is 0. The highest BCUT2D eigenvalue weighted by Gasteiger charge is 2.24. The standard InChI is InChI=1S/C10H13NO2/c1-12-7-13-9-4-5-10(11-6-9)8-2-3-8/h4-6,8H,2-3,7H2,1H3. The largest absolute Gasteiger partial charge is 0.466 e. The van der Waals surface area contributed by atoms with Crippen LogP contribution in [0.4, 0.5) is 0 Å². The van der Waals surface area contributed by atoms with Gasteiger partial charge in [-0.3, -0.25) is 4.98 Å². The first-order chi connectivity index (χ1) is 6.40. The number of ether oxygens (including phenoxy) is 2. The number of pyridine rings is 1. The van der Waals surface area contributed by atoms with E-state index in [1.54, 1.807) is 13.3 Å². The van der Waals surface area contributed by atoms with Gasteiger partial charge in [-0.25, -0.2) is 0 Å². The smallest absolute Gasteiger partial charge is 0.188 e. The monoisotopic (exact) mass is 179 g/mol. The van der Waals surface area contributed by atoms with Crippen LogP contribution in [-0.2, 0) is 4.74 Å². The van der Waals surface area contributed by atoms with Gasteiger partial charge in [-0.2, -0.15) is 0 Å². The Kier molecular flexibility index (Phi) is 2.45. The summed E-state index contributed by atoms with van der Waals surface area (Å²) in [6.45, 7) is 0.282. The Hall–Kier alpha value is -1.09. The summed E-state index contributed by atoms with van der Waals surface area (Å²) in [5, 5.41) is 0. The van der Waals surface area contributed by atoms with E-state index in [0.29, 0.717) is 5.92 Å². The molecule has 13 heavy (non-hydrogen) atoms. The van der Waals surface area contributed by atoms with Crippen molar-refractivity contribution in [2.24, 2.45) is 0 Å². The molecule has 2 rings (SSSR count). The van der Waals surface area contributed by atoms with Crippen molar-refractivity contribution in [2.45, 2.75) is 18.8 Å². The zero-order valence-electron chi connectivity index (χ0n) is 7.69. The molecule has 0 aliphatic heterocycles. The van der Waals surface area contributed by atoms with Crippen molar-refractivity contribution >= 4 is 0 Å². The highest BCUT2D eigenvalue weighted by molar-refractivity contribution is 5.23. The van der Waals surface area contributed by atoms with E-state index in [0.717, 1.165) is 5.75 Å². The summed E-state index contributed by atoms with van der Waals surface area (Å²) < 4.78 is 10.0. The van der Waals surface area contributed by atoms with Crippen LogP contribution in [0.2, 0.25) is 0 Å². The first-order valence-corrected chi connectivity index (χ1v) is 4.48. The van der Waals surface area contributed by atoms with Gasteiger partial charge in [0.15, 0.2) is 6.79 Å². The number of nitrogens with zero attached hydrogens (tertiary/aromatic N) is 1. The molecule has 1 saturated carbocycles. The van der Waals surface area contributed by atoms with E-state index in [1.165, 1.54) is 18.5 Å². The predicted molar refractivity (Wildman–Crippen MR) is 48.7 cm³/mol. The lowest BCUT2D eigenvalue weighted by atomic mass is 10.2. The Bertz CT molecular complexity index is 267. The third-order valence-corrected chi connectivity index (χ3v) is 2.10. The number of hydrogen-bond acceptors (Lipinski definition) is 3. The fourth-order valence-electron chi connectivity index (χ4n) is 1.22. The molecule has 1 aliphatic carbocycles. The molecule has 0 radical (unpaired) electrons. The molecule has 0 bridgehead atoms. The molecule has 0 aromatic carbocycles. The SMILES string of the molecule is COCOc1ccc(C2CC2)nc1. The second-order valence-electron chi connectivity index (χ2n) is 3.24. The highest BCUT2D eigenvalue weighted by Crippen LogP contribution is 2.38. The Morgan fingerprint density at radius 2 is 2.31 bits per heavy atom. The molecule has 0 spiro atoms.